The molecule has 2 aromatic carbocycles. The van der Waals surface area contributed by atoms with Crippen LogP contribution in [0.1, 0.15) is 10.4 Å². The molecule has 1 heterocycles. The maximum Gasteiger partial charge on any atom is 0.248 e. The summed E-state index contributed by atoms with van der Waals surface area (Å²) < 4.78 is 0. The highest BCUT2D eigenvalue weighted by Crippen LogP contribution is 2.24. The maximum atomic E-state index is 11.0. The van der Waals surface area contributed by atoms with Gasteiger partial charge < -0.3 is 10.7 Å². The summed E-state index contributed by atoms with van der Waals surface area (Å²) in [5, 5.41) is 0. The number of aromatic amines is 1. The number of carbonyl (C=O) groups excluding carboxylic acids is 1. The molecule has 0 saturated heterocycles. The smallest absolute Gasteiger partial charge is 0.248 e. The highest BCUT2D eigenvalue weighted by atomic mass is 16.1. The summed E-state index contributed by atoms with van der Waals surface area (Å²) >= 11 is 0. The molecule has 0 aliphatic rings. The van der Waals surface area contributed by atoms with E-state index in [1.165, 1.54) is 11.1 Å². The molecule has 3 heteroatoms. The Morgan fingerprint density at radius 1 is 0.750 bits per heavy atom. The number of rotatable bonds is 3. The summed E-state index contributed by atoms with van der Waals surface area (Å²) in [6, 6.07) is 17.7. The number of nitrogens with one attached hydrogen (secondary N) is 1. The van der Waals surface area contributed by atoms with E-state index in [1.807, 2.05) is 30.6 Å². The standard InChI is InChI=1S/C17H14N2O/c18-17(20)15-7-5-13(6-8-15)12-1-3-14(4-2-12)16-9-10-19-11-16/h1-11,19H,(H2,18,20). The molecule has 0 aliphatic carbocycles. The Morgan fingerprint density at radius 3 is 1.70 bits per heavy atom. The molecule has 0 unspecified atom stereocenters. The molecule has 1 amide bonds. The zero-order chi connectivity index (χ0) is 13.9. The van der Waals surface area contributed by atoms with E-state index in [1.54, 1.807) is 12.1 Å². The first-order chi connectivity index (χ1) is 9.74. The first-order valence-corrected chi connectivity index (χ1v) is 6.37. The van der Waals surface area contributed by atoms with E-state index < -0.39 is 5.91 Å². The van der Waals surface area contributed by atoms with Gasteiger partial charge in [0.1, 0.15) is 0 Å². The Kier molecular flexibility index (Phi) is 3.09. The van der Waals surface area contributed by atoms with Crippen molar-refractivity contribution in [1.82, 2.24) is 4.98 Å². The molecular weight excluding hydrogens is 248 g/mol. The van der Waals surface area contributed by atoms with Crippen molar-refractivity contribution in [2.75, 3.05) is 0 Å². The summed E-state index contributed by atoms with van der Waals surface area (Å²) in [4.78, 5) is 14.1. The second-order valence-electron chi connectivity index (χ2n) is 4.62. The number of hydrogen-bond donors (Lipinski definition) is 2. The number of amides is 1. The predicted molar refractivity (Wildman–Crippen MR) is 80.2 cm³/mol. The molecule has 0 aliphatic heterocycles. The van der Waals surface area contributed by atoms with E-state index in [9.17, 15) is 4.79 Å². The fraction of sp³-hybridized carbons (Fsp3) is 0. The third-order valence-corrected chi connectivity index (χ3v) is 3.32. The first-order valence-electron chi connectivity index (χ1n) is 6.37. The molecule has 0 bridgehead atoms. The van der Waals surface area contributed by atoms with Gasteiger partial charge in [-0.15, -0.1) is 0 Å². The van der Waals surface area contributed by atoms with Gasteiger partial charge in [-0.2, -0.15) is 0 Å². The van der Waals surface area contributed by atoms with Crippen molar-refractivity contribution in [2.24, 2.45) is 5.73 Å². The minimum atomic E-state index is -0.403. The molecule has 3 rings (SSSR count). The second kappa shape index (κ2) is 5.05. The SMILES string of the molecule is NC(=O)c1ccc(-c2ccc(-c3cc[nH]c3)cc2)cc1. The number of aromatic nitrogens is 1. The van der Waals surface area contributed by atoms with Crippen LogP contribution in [0.2, 0.25) is 0 Å². The predicted octanol–water partition coefficient (Wildman–Crippen LogP) is 3.45. The molecule has 1 aromatic heterocycles. The average molecular weight is 262 g/mol. The van der Waals surface area contributed by atoms with Gasteiger partial charge in [-0.3, -0.25) is 4.79 Å². The number of primary amides is 1. The molecule has 0 spiro atoms. The molecule has 20 heavy (non-hydrogen) atoms. The quantitative estimate of drug-likeness (QED) is 0.746. The Bertz CT molecular complexity index is 711. The van der Waals surface area contributed by atoms with Crippen molar-refractivity contribution >= 4 is 5.91 Å². The molecule has 98 valence electrons. The summed E-state index contributed by atoms with van der Waals surface area (Å²) in [7, 11) is 0. The first kappa shape index (κ1) is 12.2. The topological polar surface area (TPSA) is 58.9 Å². The maximum absolute atomic E-state index is 11.0. The molecule has 0 fully saturated rings. The highest BCUT2D eigenvalue weighted by molar-refractivity contribution is 5.93. The zero-order valence-electron chi connectivity index (χ0n) is 10.8. The molecule has 3 aromatic rings. The van der Waals surface area contributed by atoms with Crippen molar-refractivity contribution in [1.29, 1.82) is 0 Å². The third kappa shape index (κ3) is 2.34. The zero-order valence-corrected chi connectivity index (χ0v) is 10.8. The average Bonchev–Trinajstić information content (AvgIpc) is 3.02. The van der Waals surface area contributed by atoms with Gasteiger partial charge in [-0.25, -0.2) is 0 Å². The second-order valence-corrected chi connectivity index (χ2v) is 4.62. The number of carbonyl (C=O) groups is 1. The Balaban J connectivity index is 1.89. The lowest BCUT2D eigenvalue weighted by atomic mass is 10.0. The minimum absolute atomic E-state index is 0.403. The largest absolute Gasteiger partial charge is 0.367 e. The van der Waals surface area contributed by atoms with Crippen LogP contribution < -0.4 is 5.73 Å². The van der Waals surface area contributed by atoms with Crippen LogP contribution in [0, 0.1) is 0 Å². The number of hydrogen-bond acceptors (Lipinski definition) is 1. The van der Waals surface area contributed by atoms with Gasteiger partial charge in [0.05, 0.1) is 0 Å². The van der Waals surface area contributed by atoms with Gasteiger partial charge in [0.25, 0.3) is 0 Å². The van der Waals surface area contributed by atoms with Crippen molar-refractivity contribution < 1.29 is 4.79 Å². The van der Waals surface area contributed by atoms with E-state index >= 15 is 0 Å². The molecule has 0 radical (unpaired) electrons. The minimum Gasteiger partial charge on any atom is -0.367 e. The van der Waals surface area contributed by atoms with Crippen LogP contribution in [-0.4, -0.2) is 10.9 Å². The molecule has 0 atom stereocenters. The number of benzene rings is 2. The van der Waals surface area contributed by atoms with Crippen LogP contribution in [0.3, 0.4) is 0 Å². The third-order valence-electron chi connectivity index (χ3n) is 3.32. The van der Waals surface area contributed by atoms with Crippen LogP contribution in [0.25, 0.3) is 22.3 Å². The van der Waals surface area contributed by atoms with E-state index in [4.69, 9.17) is 5.73 Å². The highest BCUT2D eigenvalue weighted by Gasteiger charge is 2.03. The van der Waals surface area contributed by atoms with Crippen LogP contribution in [0.5, 0.6) is 0 Å². The van der Waals surface area contributed by atoms with Crippen molar-refractivity contribution in [3.8, 4) is 22.3 Å². The number of nitrogens with two attached hydrogens (primary N) is 1. The van der Waals surface area contributed by atoms with Gasteiger partial charge in [0.15, 0.2) is 0 Å². The Hall–Kier alpha value is -2.81. The fourth-order valence-electron chi connectivity index (χ4n) is 2.19. The Morgan fingerprint density at radius 2 is 1.25 bits per heavy atom. The monoisotopic (exact) mass is 262 g/mol. The van der Waals surface area contributed by atoms with Crippen LogP contribution >= 0.6 is 0 Å². The van der Waals surface area contributed by atoms with Gasteiger partial charge in [-0.1, -0.05) is 36.4 Å². The van der Waals surface area contributed by atoms with E-state index in [0.717, 1.165) is 11.1 Å². The summed E-state index contributed by atoms with van der Waals surface area (Å²) in [6.45, 7) is 0. The van der Waals surface area contributed by atoms with Crippen LogP contribution in [0.15, 0.2) is 67.0 Å². The normalized spacial score (nSPS) is 10.4. The van der Waals surface area contributed by atoms with Crippen molar-refractivity contribution in [2.45, 2.75) is 0 Å². The molecule has 3 nitrogen and oxygen atoms in total. The van der Waals surface area contributed by atoms with Crippen LogP contribution in [-0.2, 0) is 0 Å². The van der Waals surface area contributed by atoms with Crippen LogP contribution in [0.4, 0.5) is 0 Å². The van der Waals surface area contributed by atoms with E-state index in [-0.39, 0.29) is 0 Å². The van der Waals surface area contributed by atoms with Gasteiger partial charge in [-0.05, 0) is 40.5 Å². The lowest BCUT2D eigenvalue weighted by Crippen LogP contribution is -2.10. The molecule has 0 saturated carbocycles. The van der Waals surface area contributed by atoms with Gasteiger partial charge in [0.2, 0.25) is 5.91 Å². The summed E-state index contributed by atoms with van der Waals surface area (Å²) in [5.74, 6) is -0.403. The number of H-pyrrole nitrogens is 1. The lowest BCUT2D eigenvalue weighted by Gasteiger charge is -2.04. The summed E-state index contributed by atoms with van der Waals surface area (Å²) in [5.41, 5.74) is 10.3. The lowest BCUT2D eigenvalue weighted by molar-refractivity contribution is 0.100. The molecule has 3 N–H and O–H groups in total. The Labute approximate surface area is 117 Å². The van der Waals surface area contributed by atoms with E-state index in [2.05, 4.69) is 29.2 Å². The van der Waals surface area contributed by atoms with Crippen molar-refractivity contribution in [3.05, 3.63) is 72.6 Å². The summed E-state index contributed by atoms with van der Waals surface area (Å²) in [6.07, 6.45) is 3.88. The van der Waals surface area contributed by atoms with E-state index in [0.29, 0.717) is 5.56 Å². The van der Waals surface area contributed by atoms with Gasteiger partial charge >= 0.3 is 0 Å². The molecular formula is C17H14N2O. The fourth-order valence-corrected chi connectivity index (χ4v) is 2.19. The van der Waals surface area contributed by atoms with Crippen molar-refractivity contribution in [3.63, 3.8) is 0 Å². The van der Waals surface area contributed by atoms with Gasteiger partial charge in [0, 0.05) is 18.0 Å².